The topological polar surface area (TPSA) is 34.1 Å². The summed E-state index contributed by atoms with van der Waals surface area (Å²) in [5.41, 5.74) is 0. The van der Waals surface area contributed by atoms with E-state index in [4.69, 9.17) is 0 Å². The van der Waals surface area contributed by atoms with Crippen LogP contribution in [0.1, 0.15) is 44.9 Å². The monoisotopic (exact) mass is 216 g/mol. The van der Waals surface area contributed by atoms with Crippen LogP contribution in [0.2, 0.25) is 0 Å². The highest BCUT2D eigenvalue weighted by Gasteiger charge is 2.23. The molecule has 0 spiro atoms. The lowest BCUT2D eigenvalue weighted by Gasteiger charge is -2.19. The molecule has 0 heterocycles. The molecule has 0 radical (unpaired) electrons. The minimum absolute atomic E-state index is 0.0965. The smallest absolute Gasteiger partial charge is 0.156 e. The minimum atomic E-state index is -2.89. The van der Waals surface area contributed by atoms with Gasteiger partial charge in [0.2, 0.25) is 0 Å². The maximum atomic E-state index is 11.8. The molecule has 14 heavy (non-hydrogen) atoms. The van der Waals surface area contributed by atoms with Gasteiger partial charge in [0.25, 0.3) is 0 Å². The molecule has 0 amide bonds. The second-order valence-corrected chi connectivity index (χ2v) is 6.41. The minimum Gasteiger partial charge on any atom is -0.228 e. The summed E-state index contributed by atoms with van der Waals surface area (Å²) in [7, 11) is -2.89. The highest BCUT2D eigenvalue weighted by atomic mass is 32.2. The van der Waals surface area contributed by atoms with Crippen molar-refractivity contribution >= 4 is 9.84 Å². The van der Waals surface area contributed by atoms with Crippen LogP contribution < -0.4 is 0 Å². The van der Waals surface area contributed by atoms with Crippen LogP contribution in [-0.4, -0.2) is 19.4 Å². The van der Waals surface area contributed by atoms with Gasteiger partial charge in [0.15, 0.2) is 9.84 Å². The van der Waals surface area contributed by atoms with Crippen LogP contribution >= 0.6 is 0 Å². The highest BCUT2D eigenvalue weighted by molar-refractivity contribution is 7.92. The molecule has 0 aromatic carbocycles. The summed E-state index contributed by atoms with van der Waals surface area (Å²) in [6, 6.07) is 0. The Bertz CT molecular complexity index is 259. The molecule has 0 N–H and O–H groups in total. The number of hydrogen-bond acceptors (Lipinski definition) is 2. The van der Waals surface area contributed by atoms with Crippen molar-refractivity contribution in [2.24, 2.45) is 0 Å². The maximum absolute atomic E-state index is 11.8. The van der Waals surface area contributed by atoms with Gasteiger partial charge < -0.3 is 0 Å². The van der Waals surface area contributed by atoms with Gasteiger partial charge in [-0.3, -0.25) is 0 Å². The number of sulfone groups is 1. The Morgan fingerprint density at radius 1 is 1.07 bits per heavy atom. The van der Waals surface area contributed by atoms with Gasteiger partial charge in [-0.05, 0) is 12.8 Å². The molecule has 1 rings (SSSR count). The number of hydrogen-bond donors (Lipinski definition) is 0. The first-order valence-electron chi connectivity index (χ1n) is 5.49. The molecule has 2 nitrogen and oxygen atoms in total. The molecule has 1 fully saturated rings. The normalized spacial score (nSPS) is 21.1. The van der Waals surface area contributed by atoms with E-state index in [0.717, 1.165) is 25.7 Å². The summed E-state index contributed by atoms with van der Waals surface area (Å²) in [4.78, 5) is 0. The van der Waals surface area contributed by atoms with Crippen LogP contribution in [-0.2, 0) is 9.84 Å². The van der Waals surface area contributed by atoms with Gasteiger partial charge in [-0.25, -0.2) is 8.42 Å². The molecule has 1 aliphatic rings. The molecule has 0 aliphatic heterocycles. The lowest BCUT2D eigenvalue weighted by Crippen LogP contribution is -2.24. The lowest BCUT2D eigenvalue weighted by atomic mass is 10.0. The molecule has 0 bridgehead atoms. The summed E-state index contributed by atoms with van der Waals surface area (Å²) in [5.74, 6) is 0.150. The summed E-state index contributed by atoms with van der Waals surface area (Å²) in [6.07, 6.45) is 9.02. The van der Waals surface area contributed by atoms with Crippen molar-refractivity contribution in [2.75, 3.05) is 5.75 Å². The lowest BCUT2D eigenvalue weighted by molar-refractivity contribution is 0.488. The quantitative estimate of drug-likeness (QED) is 0.680. The van der Waals surface area contributed by atoms with Crippen molar-refractivity contribution in [2.45, 2.75) is 50.2 Å². The van der Waals surface area contributed by atoms with Gasteiger partial charge in [-0.2, -0.15) is 0 Å². The van der Waals surface area contributed by atoms with Gasteiger partial charge in [0, 0.05) is 0 Å². The first-order chi connectivity index (χ1) is 6.67. The first-order valence-corrected chi connectivity index (χ1v) is 7.21. The Morgan fingerprint density at radius 2 is 1.57 bits per heavy atom. The summed E-state index contributed by atoms with van der Waals surface area (Å²) in [5, 5.41) is -0.0965. The summed E-state index contributed by atoms with van der Waals surface area (Å²) >= 11 is 0. The molecule has 1 aliphatic carbocycles. The van der Waals surface area contributed by atoms with Gasteiger partial charge in [0.05, 0.1) is 11.0 Å². The molecule has 0 saturated heterocycles. The van der Waals surface area contributed by atoms with E-state index in [2.05, 4.69) is 6.58 Å². The van der Waals surface area contributed by atoms with Crippen molar-refractivity contribution in [3.8, 4) is 0 Å². The molecule has 0 aromatic rings. The number of rotatable bonds is 3. The standard InChI is InChI=1S/C11H20O2S/c1-2-10-14(12,13)11-8-6-4-3-5-7-9-11/h2,11H,1,3-10H2. The fraction of sp³-hybridized carbons (Fsp3) is 0.818. The predicted octanol–water partition coefficient (Wildman–Crippen LogP) is 2.70. The van der Waals surface area contributed by atoms with Crippen molar-refractivity contribution in [1.82, 2.24) is 0 Å². The molecule has 0 aromatic heterocycles. The van der Waals surface area contributed by atoms with Crippen LogP contribution in [0.3, 0.4) is 0 Å². The van der Waals surface area contributed by atoms with E-state index in [1.54, 1.807) is 0 Å². The Balaban J connectivity index is 2.59. The third-order valence-corrected chi connectivity index (χ3v) is 5.10. The van der Waals surface area contributed by atoms with Crippen molar-refractivity contribution in [1.29, 1.82) is 0 Å². The van der Waals surface area contributed by atoms with Crippen LogP contribution in [0, 0.1) is 0 Å². The molecule has 0 atom stereocenters. The molecule has 82 valence electrons. The Hall–Kier alpha value is -0.310. The molecule has 3 heteroatoms. The van der Waals surface area contributed by atoms with E-state index < -0.39 is 9.84 Å². The van der Waals surface area contributed by atoms with E-state index in [-0.39, 0.29) is 11.0 Å². The SMILES string of the molecule is C=CCS(=O)(=O)C1CCCCCCC1. The van der Waals surface area contributed by atoms with Crippen LogP contribution in [0.5, 0.6) is 0 Å². The summed E-state index contributed by atoms with van der Waals surface area (Å²) in [6.45, 7) is 3.50. The Labute approximate surface area is 87.3 Å². The average Bonchev–Trinajstić information content (AvgIpc) is 2.01. The first kappa shape index (κ1) is 11.8. The zero-order valence-corrected chi connectivity index (χ0v) is 9.56. The largest absolute Gasteiger partial charge is 0.228 e. The van der Waals surface area contributed by atoms with Gasteiger partial charge in [0.1, 0.15) is 0 Å². The molecule has 0 unspecified atom stereocenters. The van der Waals surface area contributed by atoms with Crippen molar-refractivity contribution in [3.05, 3.63) is 12.7 Å². The van der Waals surface area contributed by atoms with E-state index in [0.29, 0.717) is 0 Å². The average molecular weight is 216 g/mol. The van der Waals surface area contributed by atoms with Gasteiger partial charge in [-0.15, -0.1) is 6.58 Å². The van der Waals surface area contributed by atoms with E-state index >= 15 is 0 Å². The summed E-state index contributed by atoms with van der Waals surface area (Å²) < 4.78 is 23.6. The fourth-order valence-electron chi connectivity index (χ4n) is 2.08. The highest BCUT2D eigenvalue weighted by Crippen LogP contribution is 2.22. The second kappa shape index (κ2) is 5.54. The maximum Gasteiger partial charge on any atom is 0.156 e. The molecule has 1 saturated carbocycles. The fourth-order valence-corrected chi connectivity index (χ4v) is 3.73. The third kappa shape index (κ3) is 3.45. The van der Waals surface area contributed by atoms with E-state index in [1.165, 1.54) is 25.3 Å². The Kier molecular flexibility index (Phi) is 4.66. The van der Waals surface area contributed by atoms with Crippen LogP contribution in [0.4, 0.5) is 0 Å². The van der Waals surface area contributed by atoms with Crippen molar-refractivity contribution < 1.29 is 8.42 Å². The van der Waals surface area contributed by atoms with Crippen molar-refractivity contribution in [3.63, 3.8) is 0 Å². The van der Waals surface area contributed by atoms with Gasteiger partial charge >= 0.3 is 0 Å². The van der Waals surface area contributed by atoms with Gasteiger partial charge in [-0.1, -0.05) is 38.2 Å². The molecular weight excluding hydrogens is 196 g/mol. The van der Waals surface area contributed by atoms with Crippen LogP contribution in [0.25, 0.3) is 0 Å². The van der Waals surface area contributed by atoms with E-state index in [9.17, 15) is 8.42 Å². The molecular formula is C11H20O2S. The predicted molar refractivity (Wildman–Crippen MR) is 60.1 cm³/mol. The second-order valence-electron chi connectivity index (χ2n) is 4.09. The Morgan fingerprint density at radius 3 is 2.07 bits per heavy atom. The zero-order valence-electron chi connectivity index (χ0n) is 8.74. The van der Waals surface area contributed by atoms with Crippen LogP contribution in [0.15, 0.2) is 12.7 Å². The third-order valence-electron chi connectivity index (χ3n) is 2.91. The van der Waals surface area contributed by atoms with E-state index in [1.807, 2.05) is 0 Å². The zero-order chi connectivity index (χ0) is 10.4.